The highest BCUT2D eigenvalue weighted by molar-refractivity contribution is 6.10. The van der Waals surface area contributed by atoms with Gasteiger partial charge in [0, 0.05) is 17.8 Å². The SMILES string of the molecule is N/C(=C\C(=Nc1ccccc1)c1ccccc1)C1=CCNCC1. The molecule has 0 saturated carbocycles. The zero-order chi connectivity index (χ0) is 15.9. The van der Waals surface area contributed by atoms with Crippen molar-refractivity contribution in [2.75, 3.05) is 13.1 Å². The van der Waals surface area contributed by atoms with Gasteiger partial charge >= 0.3 is 0 Å². The number of benzene rings is 2. The normalized spacial score (nSPS) is 16.1. The standard InChI is InChI=1S/C20H21N3/c21-19(16-11-13-22-14-12-16)15-20(17-7-3-1-4-8-17)23-18-9-5-2-6-10-18/h1-11,15,22H,12-14,21H2/b19-15-,23-20?. The lowest BCUT2D eigenvalue weighted by Crippen LogP contribution is -2.22. The minimum Gasteiger partial charge on any atom is -0.398 e. The topological polar surface area (TPSA) is 50.4 Å². The molecule has 0 spiro atoms. The van der Waals surface area contributed by atoms with Gasteiger partial charge in [0.25, 0.3) is 0 Å². The van der Waals surface area contributed by atoms with E-state index in [1.165, 1.54) is 5.57 Å². The molecular formula is C20H21N3. The molecule has 0 atom stereocenters. The molecular weight excluding hydrogens is 282 g/mol. The van der Waals surface area contributed by atoms with E-state index in [1.807, 2.05) is 54.6 Å². The molecule has 2 aromatic carbocycles. The summed E-state index contributed by atoms with van der Waals surface area (Å²) >= 11 is 0. The van der Waals surface area contributed by atoms with Crippen molar-refractivity contribution in [3.8, 4) is 0 Å². The van der Waals surface area contributed by atoms with E-state index in [1.54, 1.807) is 0 Å². The van der Waals surface area contributed by atoms with Gasteiger partial charge in [0.15, 0.2) is 0 Å². The van der Waals surface area contributed by atoms with Gasteiger partial charge in [-0.3, -0.25) is 0 Å². The van der Waals surface area contributed by atoms with Crippen LogP contribution in [0.15, 0.2) is 89.1 Å². The summed E-state index contributed by atoms with van der Waals surface area (Å²) in [6.07, 6.45) is 5.09. The van der Waals surface area contributed by atoms with E-state index in [9.17, 15) is 0 Å². The number of hydrogen-bond acceptors (Lipinski definition) is 3. The van der Waals surface area contributed by atoms with Crippen LogP contribution in [0.2, 0.25) is 0 Å². The summed E-state index contributed by atoms with van der Waals surface area (Å²) in [5.74, 6) is 0. The number of nitrogens with zero attached hydrogens (tertiary/aromatic N) is 1. The Kier molecular flexibility index (Phi) is 5.02. The van der Waals surface area contributed by atoms with Gasteiger partial charge < -0.3 is 11.1 Å². The molecule has 0 fully saturated rings. The highest BCUT2D eigenvalue weighted by Gasteiger charge is 2.08. The summed E-state index contributed by atoms with van der Waals surface area (Å²) < 4.78 is 0. The minimum absolute atomic E-state index is 0.796. The Morgan fingerprint density at radius 3 is 2.35 bits per heavy atom. The largest absolute Gasteiger partial charge is 0.398 e. The molecule has 0 bridgehead atoms. The number of hydrogen-bond donors (Lipinski definition) is 2. The predicted octanol–water partition coefficient (Wildman–Crippen LogP) is 3.57. The Balaban J connectivity index is 1.99. The van der Waals surface area contributed by atoms with Crippen molar-refractivity contribution in [1.29, 1.82) is 0 Å². The highest BCUT2D eigenvalue weighted by Crippen LogP contribution is 2.17. The fourth-order valence-electron chi connectivity index (χ4n) is 2.56. The number of aliphatic imine (C=N–C) groups is 1. The lowest BCUT2D eigenvalue weighted by atomic mass is 10.0. The molecule has 0 aromatic heterocycles. The van der Waals surface area contributed by atoms with Gasteiger partial charge in [-0.1, -0.05) is 54.6 Å². The summed E-state index contributed by atoms with van der Waals surface area (Å²) in [5, 5.41) is 3.31. The van der Waals surface area contributed by atoms with Crippen LogP contribution in [0, 0.1) is 0 Å². The Labute approximate surface area is 137 Å². The van der Waals surface area contributed by atoms with Gasteiger partial charge in [-0.05, 0) is 36.7 Å². The van der Waals surface area contributed by atoms with Crippen LogP contribution in [-0.4, -0.2) is 18.8 Å². The number of para-hydroxylation sites is 1. The second-order valence-corrected chi connectivity index (χ2v) is 5.48. The van der Waals surface area contributed by atoms with E-state index in [2.05, 4.69) is 23.5 Å². The second kappa shape index (κ2) is 7.56. The second-order valence-electron chi connectivity index (χ2n) is 5.48. The summed E-state index contributed by atoms with van der Waals surface area (Å²) in [5.41, 5.74) is 11.2. The predicted molar refractivity (Wildman–Crippen MR) is 96.9 cm³/mol. The smallest absolute Gasteiger partial charge is 0.0729 e. The van der Waals surface area contributed by atoms with Crippen LogP contribution in [0.3, 0.4) is 0 Å². The van der Waals surface area contributed by atoms with Crippen molar-refractivity contribution >= 4 is 11.4 Å². The molecule has 3 N–H and O–H groups in total. The van der Waals surface area contributed by atoms with Crippen molar-refractivity contribution < 1.29 is 0 Å². The molecule has 1 heterocycles. The number of nitrogens with one attached hydrogen (secondary N) is 1. The molecule has 3 nitrogen and oxygen atoms in total. The zero-order valence-corrected chi connectivity index (χ0v) is 13.1. The van der Waals surface area contributed by atoms with Gasteiger partial charge in [0.05, 0.1) is 11.4 Å². The van der Waals surface area contributed by atoms with Crippen LogP contribution < -0.4 is 11.1 Å². The van der Waals surface area contributed by atoms with Crippen LogP contribution in [0.1, 0.15) is 12.0 Å². The molecule has 3 heteroatoms. The third kappa shape index (κ3) is 4.18. The zero-order valence-electron chi connectivity index (χ0n) is 13.1. The fourth-order valence-corrected chi connectivity index (χ4v) is 2.56. The number of rotatable bonds is 4. The van der Waals surface area contributed by atoms with Crippen LogP contribution in [0.4, 0.5) is 5.69 Å². The van der Waals surface area contributed by atoms with Gasteiger partial charge in [-0.25, -0.2) is 4.99 Å². The Bertz CT molecular complexity index is 728. The van der Waals surface area contributed by atoms with Crippen molar-refractivity contribution in [2.45, 2.75) is 6.42 Å². The molecule has 0 unspecified atom stereocenters. The maximum absolute atomic E-state index is 6.32. The Morgan fingerprint density at radius 2 is 1.70 bits per heavy atom. The van der Waals surface area contributed by atoms with Crippen molar-refractivity contribution in [3.05, 3.63) is 89.6 Å². The van der Waals surface area contributed by atoms with Crippen LogP contribution in [0.5, 0.6) is 0 Å². The van der Waals surface area contributed by atoms with Crippen molar-refractivity contribution in [2.24, 2.45) is 10.7 Å². The first-order valence-corrected chi connectivity index (χ1v) is 7.89. The Morgan fingerprint density at radius 1 is 1.00 bits per heavy atom. The molecule has 3 rings (SSSR count). The molecule has 1 aliphatic rings. The van der Waals surface area contributed by atoms with Gasteiger partial charge in [-0.15, -0.1) is 0 Å². The first kappa shape index (κ1) is 15.3. The van der Waals surface area contributed by atoms with E-state index in [4.69, 9.17) is 10.7 Å². The summed E-state index contributed by atoms with van der Waals surface area (Å²) in [7, 11) is 0. The molecule has 0 aliphatic carbocycles. The third-order valence-corrected chi connectivity index (χ3v) is 3.80. The molecule has 1 aliphatic heterocycles. The summed E-state index contributed by atoms with van der Waals surface area (Å²) in [4.78, 5) is 4.78. The maximum atomic E-state index is 6.32. The average molecular weight is 303 g/mol. The van der Waals surface area contributed by atoms with E-state index in [0.29, 0.717) is 0 Å². The van der Waals surface area contributed by atoms with Gasteiger partial charge in [0.2, 0.25) is 0 Å². The summed E-state index contributed by atoms with van der Waals surface area (Å²) in [6.45, 7) is 1.84. The molecule has 0 amide bonds. The highest BCUT2D eigenvalue weighted by atomic mass is 14.9. The maximum Gasteiger partial charge on any atom is 0.0729 e. The van der Waals surface area contributed by atoms with Gasteiger partial charge in [0.1, 0.15) is 0 Å². The lowest BCUT2D eigenvalue weighted by molar-refractivity contribution is 0.706. The van der Waals surface area contributed by atoms with Gasteiger partial charge in [-0.2, -0.15) is 0 Å². The average Bonchev–Trinajstić information content (AvgIpc) is 2.63. The Hall–Kier alpha value is -2.65. The van der Waals surface area contributed by atoms with Crippen LogP contribution in [0.25, 0.3) is 0 Å². The molecule has 0 saturated heterocycles. The molecule has 23 heavy (non-hydrogen) atoms. The lowest BCUT2D eigenvalue weighted by Gasteiger charge is -2.14. The minimum atomic E-state index is 0.796. The van der Waals surface area contributed by atoms with Crippen LogP contribution >= 0.6 is 0 Å². The first-order valence-electron chi connectivity index (χ1n) is 7.89. The summed E-state index contributed by atoms with van der Waals surface area (Å²) in [6, 6.07) is 20.1. The quantitative estimate of drug-likeness (QED) is 0.848. The van der Waals surface area contributed by atoms with Crippen molar-refractivity contribution in [1.82, 2.24) is 5.32 Å². The van der Waals surface area contributed by atoms with E-state index in [-0.39, 0.29) is 0 Å². The first-order chi connectivity index (χ1) is 11.3. The third-order valence-electron chi connectivity index (χ3n) is 3.80. The molecule has 0 radical (unpaired) electrons. The number of nitrogens with two attached hydrogens (primary N) is 1. The number of allylic oxidation sites excluding steroid dienone is 2. The van der Waals surface area contributed by atoms with E-state index >= 15 is 0 Å². The molecule has 2 aromatic rings. The van der Waals surface area contributed by atoms with Crippen molar-refractivity contribution in [3.63, 3.8) is 0 Å². The molecule has 116 valence electrons. The van der Waals surface area contributed by atoms with Crippen LogP contribution in [-0.2, 0) is 0 Å². The fraction of sp³-hybridized carbons (Fsp3) is 0.150. The monoisotopic (exact) mass is 303 g/mol. The van der Waals surface area contributed by atoms with E-state index in [0.717, 1.165) is 42.2 Å². The van der Waals surface area contributed by atoms with E-state index < -0.39 is 0 Å².